The first kappa shape index (κ1) is 14.5. The molecular formula is C17H15N3OS. The Morgan fingerprint density at radius 2 is 1.95 bits per heavy atom. The Hall–Kier alpha value is -2.40. The first-order valence-corrected chi connectivity index (χ1v) is 7.70. The van der Waals surface area contributed by atoms with Gasteiger partial charge in [0.2, 0.25) is 0 Å². The fraction of sp³-hybridized carbons (Fsp3) is 0.118. The highest BCUT2D eigenvalue weighted by Crippen LogP contribution is 2.29. The number of carbonyl (C=O) groups excluding carboxylic acids is 1. The van der Waals surface area contributed by atoms with Crippen LogP contribution in [0.25, 0.3) is 6.08 Å². The Labute approximate surface area is 133 Å². The van der Waals surface area contributed by atoms with E-state index in [0.717, 1.165) is 16.8 Å². The van der Waals surface area contributed by atoms with Gasteiger partial charge in [-0.15, -0.1) is 0 Å². The third kappa shape index (κ3) is 3.26. The van der Waals surface area contributed by atoms with Gasteiger partial charge in [0.1, 0.15) is 0 Å². The minimum atomic E-state index is -0.120. The smallest absolute Gasteiger partial charge is 0.264 e. The van der Waals surface area contributed by atoms with Crippen LogP contribution >= 0.6 is 11.8 Å². The number of pyridine rings is 1. The van der Waals surface area contributed by atoms with Gasteiger partial charge in [-0.05, 0) is 61.0 Å². The first-order valence-electron chi connectivity index (χ1n) is 6.89. The SMILES string of the molecule is Cc1ccc(N=C2NC(=O)/C(=C/c3ccncc3)S2)c(C)c1. The molecule has 1 aromatic carbocycles. The van der Waals surface area contributed by atoms with Crippen molar-refractivity contribution in [2.45, 2.75) is 13.8 Å². The summed E-state index contributed by atoms with van der Waals surface area (Å²) in [5, 5.41) is 3.41. The summed E-state index contributed by atoms with van der Waals surface area (Å²) in [4.78, 5) is 21.2. The maximum Gasteiger partial charge on any atom is 0.264 e. The van der Waals surface area contributed by atoms with Gasteiger partial charge in [0.25, 0.3) is 5.91 Å². The van der Waals surface area contributed by atoms with Crippen molar-refractivity contribution in [1.29, 1.82) is 0 Å². The molecule has 1 aliphatic rings. The molecule has 110 valence electrons. The van der Waals surface area contributed by atoms with Gasteiger partial charge in [-0.25, -0.2) is 4.99 Å². The van der Waals surface area contributed by atoms with Crippen LogP contribution < -0.4 is 5.32 Å². The number of amides is 1. The predicted molar refractivity (Wildman–Crippen MR) is 91.0 cm³/mol. The van der Waals surface area contributed by atoms with E-state index >= 15 is 0 Å². The summed E-state index contributed by atoms with van der Waals surface area (Å²) >= 11 is 1.35. The molecule has 3 rings (SSSR count). The summed E-state index contributed by atoms with van der Waals surface area (Å²) in [6.07, 6.45) is 5.25. The molecule has 0 saturated carbocycles. The van der Waals surface area contributed by atoms with Gasteiger partial charge in [0, 0.05) is 12.4 Å². The van der Waals surface area contributed by atoms with E-state index < -0.39 is 0 Å². The highest BCUT2D eigenvalue weighted by molar-refractivity contribution is 8.18. The molecule has 0 unspecified atom stereocenters. The number of amidine groups is 1. The van der Waals surface area contributed by atoms with E-state index in [-0.39, 0.29) is 5.91 Å². The molecule has 1 amide bonds. The van der Waals surface area contributed by atoms with E-state index in [4.69, 9.17) is 0 Å². The molecule has 2 heterocycles. The fourth-order valence-corrected chi connectivity index (χ4v) is 2.97. The normalized spacial score (nSPS) is 18.0. The molecule has 22 heavy (non-hydrogen) atoms. The summed E-state index contributed by atoms with van der Waals surface area (Å²) < 4.78 is 0. The van der Waals surface area contributed by atoms with Crippen molar-refractivity contribution in [2.75, 3.05) is 0 Å². The predicted octanol–water partition coefficient (Wildman–Crippen LogP) is 3.59. The standard InChI is InChI=1S/C17H15N3OS/c1-11-3-4-14(12(2)9-11)19-17-20-16(21)15(22-17)10-13-5-7-18-8-6-13/h3-10H,1-2H3,(H,19,20,21)/b15-10-. The van der Waals surface area contributed by atoms with Crippen LogP contribution in [0.3, 0.4) is 0 Å². The number of aromatic nitrogens is 1. The van der Waals surface area contributed by atoms with Gasteiger partial charge in [-0.3, -0.25) is 9.78 Å². The first-order chi connectivity index (χ1) is 10.6. The van der Waals surface area contributed by atoms with Crippen molar-refractivity contribution in [3.05, 3.63) is 64.3 Å². The van der Waals surface area contributed by atoms with Crippen LogP contribution in [0.5, 0.6) is 0 Å². The third-order valence-electron chi connectivity index (χ3n) is 3.23. The second-order valence-corrected chi connectivity index (χ2v) is 6.08. The molecule has 0 bridgehead atoms. The lowest BCUT2D eigenvalue weighted by Gasteiger charge is -2.02. The van der Waals surface area contributed by atoms with Crippen molar-refractivity contribution in [1.82, 2.24) is 10.3 Å². The van der Waals surface area contributed by atoms with E-state index in [1.807, 2.05) is 44.2 Å². The van der Waals surface area contributed by atoms with Crippen molar-refractivity contribution in [2.24, 2.45) is 4.99 Å². The monoisotopic (exact) mass is 309 g/mol. The third-order valence-corrected chi connectivity index (χ3v) is 4.14. The highest BCUT2D eigenvalue weighted by Gasteiger charge is 2.23. The number of hydrogen-bond acceptors (Lipinski definition) is 4. The van der Waals surface area contributed by atoms with E-state index in [1.165, 1.54) is 17.3 Å². The Kier molecular flexibility index (Phi) is 4.06. The number of benzene rings is 1. The maximum atomic E-state index is 12.0. The zero-order valence-electron chi connectivity index (χ0n) is 12.3. The van der Waals surface area contributed by atoms with Gasteiger partial charge in [0.15, 0.2) is 5.17 Å². The molecule has 0 radical (unpaired) electrons. The molecule has 2 aromatic rings. The average molecular weight is 309 g/mol. The molecule has 1 aliphatic heterocycles. The summed E-state index contributed by atoms with van der Waals surface area (Å²) in [5.74, 6) is -0.120. The van der Waals surface area contributed by atoms with E-state index in [0.29, 0.717) is 10.1 Å². The molecule has 5 heteroatoms. The van der Waals surface area contributed by atoms with Gasteiger partial charge < -0.3 is 5.32 Å². The maximum absolute atomic E-state index is 12.0. The molecular weight excluding hydrogens is 294 g/mol. The van der Waals surface area contributed by atoms with Crippen molar-refractivity contribution < 1.29 is 4.79 Å². The number of hydrogen-bond donors (Lipinski definition) is 1. The Morgan fingerprint density at radius 3 is 2.68 bits per heavy atom. The van der Waals surface area contributed by atoms with Crippen LogP contribution in [0, 0.1) is 13.8 Å². The molecule has 0 aliphatic carbocycles. The minimum Gasteiger partial charge on any atom is -0.300 e. The minimum absolute atomic E-state index is 0.120. The van der Waals surface area contributed by atoms with Crippen molar-refractivity contribution >= 4 is 34.6 Å². The fourth-order valence-electron chi connectivity index (χ4n) is 2.13. The van der Waals surface area contributed by atoms with Crippen LogP contribution in [0.4, 0.5) is 5.69 Å². The number of nitrogens with one attached hydrogen (secondary N) is 1. The topological polar surface area (TPSA) is 54.4 Å². The molecule has 0 atom stereocenters. The number of aryl methyl sites for hydroxylation is 2. The molecule has 4 nitrogen and oxygen atoms in total. The van der Waals surface area contributed by atoms with Gasteiger partial charge in [-0.2, -0.15) is 0 Å². The number of aliphatic imine (C=N–C) groups is 1. The van der Waals surface area contributed by atoms with E-state index in [9.17, 15) is 4.79 Å². The van der Waals surface area contributed by atoms with E-state index in [1.54, 1.807) is 12.4 Å². The molecule has 1 aromatic heterocycles. The van der Waals surface area contributed by atoms with Crippen LogP contribution in [-0.2, 0) is 4.79 Å². The van der Waals surface area contributed by atoms with Crippen LogP contribution in [0.2, 0.25) is 0 Å². The second kappa shape index (κ2) is 6.15. The lowest BCUT2D eigenvalue weighted by molar-refractivity contribution is -0.115. The summed E-state index contributed by atoms with van der Waals surface area (Å²) in [7, 11) is 0. The Bertz CT molecular complexity index is 782. The van der Waals surface area contributed by atoms with Gasteiger partial charge >= 0.3 is 0 Å². The van der Waals surface area contributed by atoms with Crippen LogP contribution in [0.1, 0.15) is 16.7 Å². The van der Waals surface area contributed by atoms with Gasteiger partial charge in [0.05, 0.1) is 10.6 Å². The molecule has 1 saturated heterocycles. The number of thioether (sulfide) groups is 1. The van der Waals surface area contributed by atoms with Crippen molar-refractivity contribution in [3.8, 4) is 0 Å². The average Bonchev–Trinajstić information content (AvgIpc) is 2.83. The molecule has 1 N–H and O–H groups in total. The summed E-state index contributed by atoms with van der Waals surface area (Å²) in [5.41, 5.74) is 4.11. The van der Waals surface area contributed by atoms with Crippen LogP contribution in [-0.4, -0.2) is 16.1 Å². The lowest BCUT2D eigenvalue weighted by atomic mass is 10.1. The zero-order chi connectivity index (χ0) is 15.5. The summed E-state index contributed by atoms with van der Waals surface area (Å²) in [6.45, 7) is 4.06. The lowest BCUT2D eigenvalue weighted by Crippen LogP contribution is -2.19. The quantitative estimate of drug-likeness (QED) is 0.863. The zero-order valence-corrected chi connectivity index (χ0v) is 13.1. The highest BCUT2D eigenvalue weighted by atomic mass is 32.2. The number of rotatable bonds is 2. The van der Waals surface area contributed by atoms with E-state index in [2.05, 4.69) is 21.4 Å². The van der Waals surface area contributed by atoms with Gasteiger partial charge in [-0.1, -0.05) is 17.7 Å². The second-order valence-electron chi connectivity index (χ2n) is 5.05. The van der Waals surface area contributed by atoms with Crippen LogP contribution in [0.15, 0.2) is 52.6 Å². The van der Waals surface area contributed by atoms with Crippen molar-refractivity contribution in [3.63, 3.8) is 0 Å². The largest absolute Gasteiger partial charge is 0.300 e. The Balaban J connectivity index is 1.85. The number of nitrogens with zero attached hydrogens (tertiary/aromatic N) is 2. The molecule has 0 spiro atoms. The Morgan fingerprint density at radius 1 is 1.18 bits per heavy atom. The number of carbonyl (C=O) groups is 1. The summed E-state index contributed by atoms with van der Waals surface area (Å²) in [6, 6.07) is 9.78. The molecule has 1 fully saturated rings.